The van der Waals surface area contributed by atoms with E-state index in [2.05, 4.69) is 18.8 Å². The average Bonchev–Trinajstić information content (AvgIpc) is 2.93. The van der Waals surface area contributed by atoms with Crippen LogP contribution in [-0.4, -0.2) is 14.5 Å². The molecule has 2 N–H and O–H groups in total. The van der Waals surface area contributed by atoms with Crippen LogP contribution < -0.4 is 10.5 Å². The maximum absolute atomic E-state index is 10.8. The number of imidazole rings is 1. The molecule has 0 aliphatic heterocycles. The smallest absolute Gasteiger partial charge is 0.270 e. The van der Waals surface area contributed by atoms with Crippen LogP contribution in [0.25, 0.3) is 0 Å². The molecule has 0 radical (unpaired) electrons. The molecule has 112 valence electrons. The highest BCUT2D eigenvalue weighted by atomic mass is 16.6. The Bertz CT molecular complexity index is 637. The Morgan fingerprint density at radius 2 is 2.24 bits per heavy atom. The van der Waals surface area contributed by atoms with Crippen molar-refractivity contribution in [2.24, 2.45) is 5.73 Å². The molecule has 1 aromatic carbocycles. The van der Waals surface area contributed by atoms with Gasteiger partial charge in [0.05, 0.1) is 23.1 Å². The molecule has 2 aromatic rings. The van der Waals surface area contributed by atoms with E-state index in [1.54, 1.807) is 18.6 Å². The first-order valence-corrected chi connectivity index (χ1v) is 6.63. The number of hydrogen-bond donors (Lipinski definition) is 1. The lowest BCUT2D eigenvalue weighted by molar-refractivity contribution is -0.384. The SMILES string of the molecule is CC(C)n1cncc1COc1ccc([N+](=O)[O-])cc1CN. The van der Waals surface area contributed by atoms with Crippen LogP contribution in [0.3, 0.4) is 0 Å². The van der Waals surface area contributed by atoms with Gasteiger partial charge in [-0.25, -0.2) is 4.98 Å². The van der Waals surface area contributed by atoms with E-state index in [9.17, 15) is 10.1 Å². The van der Waals surface area contributed by atoms with Gasteiger partial charge in [0.15, 0.2) is 0 Å². The van der Waals surface area contributed by atoms with Gasteiger partial charge in [-0.1, -0.05) is 0 Å². The van der Waals surface area contributed by atoms with Crippen molar-refractivity contribution in [3.05, 3.63) is 52.1 Å². The van der Waals surface area contributed by atoms with Crippen molar-refractivity contribution in [1.29, 1.82) is 0 Å². The topological polar surface area (TPSA) is 96.2 Å². The highest BCUT2D eigenvalue weighted by Crippen LogP contribution is 2.25. The minimum Gasteiger partial charge on any atom is -0.487 e. The molecule has 2 rings (SSSR count). The second kappa shape index (κ2) is 6.36. The van der Waals surface area contributed by atoms with E-state index >= 15 is 0 Å². The largest absolute Gasteiger partial charge is 0.487 e. The Morgan fingerprint density at radius 1 is 1.48 bits per heavy atom. The molecule has 21 heavy (non-hydrogen) atoms. The van der Waals surface area contributed by atoms with Gasteiger partial charge in [-0.3, -0.25) is 10.1 Å². The van der Waals surface area contributed by atoms with Crippen molar-refractivity contribution in [1.82, 2.24) is 9.55 Å². The molecule has 1 aromatic heterocycles. The Morgan fingerprint density at radius 3 is 2.86 bits per heavy atom. The molecule has 7 heteroatoms. The molecule has 0 saturated carbocycles. The summed E-state index contributed by atoms with van der Waals surface area (Å²) in [6, 6.07) is 4.72. The Kier molecular flexibility index (Phi) is 4.54. The van der Waals surface area contributed by atoms with Crippen LogP contribution in [0, 0.1) is 10.1 Å². The molecular weight excluding hydrogens is 272 g/mol. The maximum atomic E-state index is 10.8. The van der Waals surface area contributed by atoms with Gasteiger partial charge in [0.2, 0.25) is 0 Å². The summed E-state index contributed by atoms with van der Waals surface area (Å²) >= 11 is 0. The number of nitro benzene ring substituents is 1. The summed E-state index contributed by atoms with van der Waals surface area (Å²) in [4.78, 5) is 14.4. The molecule has 0 bridgehead atoms. The summed E-state index contributed by atoms with van der Waals surface area (Å²) in [5.74, 6) is 0.555. The summed E-state index contributed by atoms with van der Waals surface area (Å²) in [6.45, 7) is 4.63. The number of benzene rings is 1. The van der Waals surface area contributed by atoms with E-state index in [4.69, 9.17) is 10.5 Å². The number of hydrogen-bond acceptors (Lipinski definition) is 5. The zero-order chi connectivity index (χ0) is 15.4. The zero-order valence-electron chi connectivity index (χ0n) is 12.0. The lowest BCUT2D eigenvalue weighted by atomic mass is 10.2. The van der Waals surface area contributed by atoms with E-state index in [1.165, 1.54) is 12.1 Å². The van der Waals surface area contributed by atoms with E-state index in [1.807, 2.05) is 4.57 Å². The number of ether oxygens (including phenoxy) is 1. The number of nitrogens with two attached hydrogens (primary N) is 1. The number of nitrogens with zero attached hydrogens (tertiary/aromatic N) is 3. The van der Waals surface area contributed by atoms with Gasteiger partial charge < -0.3 is 15.0 Å². The molecule has 1 heterocycles. The molecule has 0 aliphatic carbocycles. The molecule has 0 aliphatic rings. The van der Waals surface area contributed by atoms with Crippen molar-refractivity contribution in [3.8, 4) is 5.75 Å². The Balaban J connectivity index is 2.16. The van der Waals surface area contributed by atoms with Gasteiger partial charge in [0.1, 0.15) is 12.4 Å². The average molecular weight is 290 g/mol. The van der Waals surface area contributed by atoms with Crippen molar-refractivity contribution in [2.75, 3.05) is 0 Å². The van der Waals surface area contributed by atoms with Gasteiger partial charge in [0.25, 0.3) is 5.69 Å². The normalized spacial score (nSPS) is 10.9. The third kappa shape index (κ3) is 3.38. The molecule has 0 atom stereocenters. The molecule has 0 amide bonds. The number of aromatic nitrogens is 2. The van der Waals surface area contributed by atoms with Crippen LogP contribution in [-0.2, 0) is 13.2 Å². The first-order chi connectivity index (χ1) is 10.0. The van der Waals surface area contributed by atoms with E-state index in [0.717, 1.165) is 5.69 Å². The molecule has 7 nitrogen and oxygen atoms in total. The number of non-ortho nitro benzene ring substituents is 1. The van der Waals surface area contributed by atoms with E-state index in [0.29, 0.717) is 17.9 Å². The van der Waals surface area contributed by atoms with E-state index < -0.39 is 4.92 Å². The fraction of sp³-hybridized carbons (Fsp3) is 0.357. The number of rotatable bonds is 6. The van der Waals surface area contributed by atoms with E-state index in [-0.39, 0.29) is 18.3 Å². The van der Waals surface area contributed by atoms with Crippen molar-refractivity contribution in [2.45, 2.75) is 33.0 Å². The Labute approximate surface area is 122 Å². The second-order valence-electron chi connectivity index (χ2n) is 4.93. The van der Waals surface area contributed by atoms with Crippen LogP contribution in [0.15, 0.2) is 30.7 Å². The summed E-state index contributed by atoms with van der Waals surface area (Å²) in [5, 5.41) is 10.8. The highest BCUT2D eigenvalue weighted by molar-refractivity contribution is 5.43. The fourth-order valence-electron chi connectivity index (χ4n) is 2.04. The van der Waals surface area contributed by atoms with Gasteiger partial charge in [-0.2, -0.15) is 0 Å². The fourth-order valence-corrected chi connectivity index (χ4v) is 2.04. The van der Waals surface area contributed by atoms with Gasteiger partial charge in [-0.05, 0) is 19.9 Å². The lowest BCUT2D eigenvalue weighted by Gasteiger charge is -2.14. The third-order valence-electron chi connectivity index (χ3n) is 3.15. The zero-order valence-corrected chi connectivity index (χ0v) is 12.0. The minimum atomic E-state index is -0.448. The highest BCUT2D eigenvalue weighted by Gasteiger charge is 2.12. The van der Waals surface area contributed by atoms with Crippen molar-refractivity contribution in [3.63, 3.8) is 0 Å². The number of nitro groups is 1. The van der Waals surface area contributed by atoms with Gasteiger partial charge in [-0.15, -0.1) is 0 Å². The molecule has 0 spiro atoms. The van der Waals surface area contributed by atoms with Crippen molar-refractivity contribution < 1.29 is 9.66 Å². The first-order valence-electron chi connectivity index (χ1n) is 6.63. The molecule has 0 unspecified atom stereocenters. The quantitative estimate of drug-likeness (QED) is 0.651. The predicted molar refractivity (Wildman–Crippen MR) is 77.9 cm³/mol. The summed E-state index contributed by atoms with van der Waals surface area (Å²) in [5.41, 5.74) is 7.18. The monoisotopic (exact) mass is 290 g/mol. The summed E-state index contributed by atoms with van der Waals surface area (Å²) in [6.07, 6.45) is 3.50. The molecule has 0 saturated heterocycles. The van der Waals surface area contributed by atoms with Gasteiger partial charge >= 0.3 is 0 Å². The molecule has 0 fully saturated rings. The minimum absolute atomic E-state index is 0.00928. The van der Waals surface area contributed by atoms with Crippen LogP contribution >= 0.6 is 0 Å². The van der Waals surface area contributed by atoms with Crippen molar-refractivity contribution >= 4 is 5.69 Å². The summed E-state index contributed by atoms with van der Waals surface area (Å²) in [7, 11) is 0. The summed E-state index contributed by atoms with van der Waals surface area (Å²) < 4.78 is 7.74. The van der Waals surface area contributed by atoms with Crippen LogP contribution in [0.2, 0.25) is 0 Å². The van der Waals surface area contributed by atoms with Crippen LogP contribution in [0.5, 0.6) is 5.75 Å². The molecular formula is C14H18N4O3. The lowest BCUT2D eigenvalue weighted by Crippen LogP contribution is -2.09. The maximum Gasteiger partial charge on any atom is 0.270 e. The first kappa shape index (κ1) is 15.0. The van der Waals surface area contributed by atoms with Gasteiger partial charge in [0, 0.05) is 30.3 Å². The predicted octanol–water partition coefficient (Wildman–Crippen LogP) is 2.41. The second-order valence-corrected chi connectivity index (χ2v) is 4.93. The standard InChI is InChI=1S/C14H18N4O3/c1-10(2)17-9-16-7-13(17)8-21-14-4-3-12(18(19)20)5-11(14)6-15/h3-5,7,9-10H,6,8,15H2,1-2H3. The van der Waals surface area contributed by atoms with Crippen LogP contribution in [0.1, 0.15) is 31.1 Å². The van der Waals surface area contributed by atoms with Crippen LogP contribution in [0.4, 0.5) is 5.69 Å². The Hall–Kier alpha value is -2.41. The third-order valence-corrected chi connectivity index (χ3v) is 3.15.